The third-order valence-corrected chi connectivity index (χ3v) is 5.31. The normalized spacial score (nSPS) is 11.6. The molecule has 0 aliphatic heterocycles. The van der Waals surface area contributed by atoms with E-state index in [4.69, 9.17) is 4.52 Å². The summed E-state index contributed by atoms with van der Waals surface area (Å²) in [7, 11) is 0. The van der Waals surface area contributed by atoms with Crippen molar-refractivity contribution < 1.29 is 22.5 Å². The molecule has 0 atom stereocenters. The Bertz CT molecular complexity index is 713. The second-order valence-electron chi connectivity index (χ2n) is 5.24. The van der Waals surface area contributed by atoms with Gasteiger partial charge in [0, 0.05) is 16.2 Å². The topological polar surface area (TPSA) is 55.1 Å². The minimum atomic E-state index is -4.26. The van der Waals surface area contributed by atoms with Crippen LogP contribution in [0.1, 0.15) is 17.0 Å². The number of halogens is 3. The van der Waals surface area contributed by atoms with Gasteiger partial charge in [-0.15, -0.1) is 23.5 Å². The molecule has 0 unspecified atom stereocenters. The monoisotopic (exact) mass is 390 g/mol. The van der Waals surface area contributed by atoms with Crippen LogP contribution < -0.4 is 5.32 Å². The number of para-hydroxylation sites is 1. The SMILES string of the molecule is Cc1noc(C)c1CSCC(=O)Nc1ccccc1SCC(F)(F)F. The first-order chi connectivity index (χ1) is 11.8. The molecular formula is C16H17F3N2O2S2. The number of carbonyl (C=O) groups excluding carboxylic acids is 1. The van der Waals surface area contributed by atoms with Gasteiger partial charge < -0.3 is 9.84 Å². The molecule has 1 N–H and O–H groups in total. The summed E-state index contributed by atoms with van der Waals surface area (Å²) in [6.07, 6.45) is -4.26. The molecule has 1 amide bonds. The Morgan fingerprint density at radius 1 is 1.28 bits per heavy atom. The first-order valence-electron chi connectivity index (χ1n) is 7.34. The molecule has 1 aromatic carbocycles. The Kier molecular flexibility index (Phi) is 6.83. The van der Waals surface area contributed by atoms with E-state index in [0.717, 1.165) is 17.0 Å². The van der Waals surface area contributed by atoms with Crippen molar-refractivity contribution in [2.45, 2.75) is 30.7 Å². The number of nitrogens with zero attached hydrogens (tertiary/aromatic N) is 1. The van der Waals surface area contributed by atoms with Crippen molar-refractivity contribution in [1.82, 2.24) is 5.16 Å². The number of hydrogen-bond acceptors (Lipinski definition) is 5. The molecule has 0 radical (unpaired) electrons. The summed E-state index contributed by atoms with van der Waals surface area (Å²) in [6, 6.07) is 6.46. The lowest BCUT2D eigenvalue weighted by Crippen LogP contribution is -2.15. The van der Waals surface area contributed by atoms with Gasteiger partial charge in [0.05, 0.1) is 22.9 Å². The summed E-state index contributed by atoms with van der Waals surface area (Å²) in [5, 5.41) is 6.52. The van der Waals surface area contributed by atoms with Gasteiger partial charge in [0.25, 0.3) is 0 Å². The Hall–Kier alpha value is -1.61. The van der Waals surface area contributed by atoms with E-state index >= 15 is 0 Å². The van der Waals surface area contributed by atoms with E-state index in [9.17, 15) is 18.0 Å². The van der Waals surface area contributed by atoms with Crippen molar-refractivity contribution in [2.75, 3.05) is 16.8 Å². The first-order valence-corrected chi connectivity index (χ1v) is 9.48. The van der Waals surface area contributed by atoms with Gasteiger partial charge in [0.15, 0.2) is 0 Å². The first kappa shape index (κ1) is 19.7. The molecule has 2 aromatic rings. The fourth-order valence-electron chi connectivity index (χ4n) is 2.00. The van der Waals surface area contributed by atoms with Crippen LogP contribution in [0.5, 0.6) is 0 Å². The number of anilines is 1. The van der Waals surface area contributed by atoms with Crippen LogP contribution in [0.25, 0.3) is 0 Å². The Balaban J connectivity index is 1.88. The number of amides is 1. The number of aromatic nitrogens is 1. The second kappa shape index (κ2) is 8.66. The number of benzene rings is 1. The molecule has 9 heteroatoms. The van der Waals surface area contributed by atoms with Crippen molar-refractivity contribution in [3.05, 3.63) is 41.3 Å². The van der Waals surface area contributed by atoms with Gasteiger partial charge in [-0.1, -0.05) is 17.3 Å². The van der Waals surface area contributed by atoms with Gasteiger partial charge >= 0.3 is 6.18 Å². The maximum atomic E-state index is 12.4. The minimum Gasteiger partial charge on any atom is -0.361 e. The molecule has 25 heavy (non-hydrogen) atoms. The van der Waals surface area contributed by atoms with E-state index in [1.165, 1.54) is 11.8 Å². The highest BCUT2D eigenvalue weighted by atomic mass is 32.2. The van der Waals surface area contributed by atoms with Crippen LogP contribution in [0, 0.1) is 13.8 Å². The standard InChI is InChI=1S/C16H17F3N2O2S2/c1-10-12(11(2)23-21-10)7-24-8-15(22)20-13-5-3-4-6-14(13)25-9-16(17,18)19/h3-6H,7-9H2,1-2H3,(H,20,22). The molecule has 0 aliphatic carbocycles. The van der Waals surface area contributed by atoms with E-state index in [1.54, 1.807) is 24.3 Å². The van der Waals surface area contributed by atoms with Crippen molar-refractivity contribution in [3.8, 4) is 0 Å². The molecular weight excluding hydrogens is 373 g/mol. The van der Waals surface area contributed by atoms with Crippen molar-refractivity contribution >= 4 is 35.1 Å². The van der Waals surface area contributed by atoms with Gasteiger partial charge in [-0.3, -0.25) is 4.79 Å². The number of nitrogens with one attached hydrogen (secondary N) is 1. The molecule has 2 rings (SSSR count). The van der Waals surface area contributed by atoms with Crippen LogP contribution in [0.3, 0.4) is 0 Å². The predicted octanol–water partition coefficient (Wildman–Crippen LogP) is 4.82. The van der Waals surface area contributed by atoms with Crippen molar-refractivity contribution in [1.29, 1.82) is 0 Å². The number of thioether (sulfide) groups is 2. The van der Waals surface area contributed by atoms with E-state index in [2.05, 4.69) is 10.5 Å². The van der Waals surface area contributed by atoms with Gasteiger partial charge in [-0.2, -0.15) is 13.2 Å². The number of aryl methyl sites for hydroxylation is 2. The number of carbonyl (C=O) groups is 1. The highest BCUT2D eigenvalue weighted by Gasteiger charge is 2.27. The van der Waals surface area contributed by atoms with Crippen molar-refractivity contribution in [3.63, 3.8) is 0 Å². The van der Waals surface area contributed by atoms with E-state index < -0.39 is 11.9 Å². The average molecular weight is 390 g/mol. The molecule has 0 saturated heterocycles. The minimum absolute atomic E-state index is 0.183. The molecule has 0 spiro atoms. The summed E-state index contributed by atoms with van der Waals surface area (Å²) in [5.41, 5.74) is 2.14. The molecule has 0 bridgehead atoms. The third kappa shape index (κ3) is 6.32. The smallest absolute Gasteiger partial charge is 0.361 e. The summed E-state index contributed by atoms with van der Waals surface area (Å²) in [4.78, 5) is 12.5. The summed E-state index contributed by atoms with van der Waals surface area (Å²) < 4.78 is 42.2. The fourth-order valence-corrected chi connectivity index (χ4v) is 3.74. The highest BCUT2D eigenvalue weighted by Crippen LogP contribution is 2.32. The van der Waals surface area contributed by atoms with Crippen LogP contribution in [-0.2, 0) is 10.5 Å². The van der Waals surface area contributed by atoms with Gasteiger partial charge in [0.1, 0.15) is 5.76 Å². The lowest BCUT2D eigenvalue weighted by atomic mass is 10.2. The largest absolute Gasteiger partial charge is 0.398 e. The van der Waals surface area contributed by atoms with E-state index in [1.807, 2.05) is 13.8 Å². The Morgan fingerprint density at radius 3 is 2.64 bits per heavy atom. The van der Waals surface area contributed by atoms with Crippen molar-refractivity contribution in [2.24, 2.45) is 0 Å². The van der Waals surface area contributed by atoms with Crippen LogP contribution in [0.2, 0.25) is 0 Å². The summed E-state index contributed by atoms with van der Waals surface area (Å²) in [5.74, 6) is 0.221. The Morgan fingerprint density at radius 2 is 2.00 bits per heavy atom. The van der Waals surface area contributed by atoms with E-state index in [0.29, 0.717) is 28.1 Å². The zero-order chi connectivity index (χ0) is 18.4. The van der Waals surface area contributed by atoms with Gasteiger partial charge in [-0.25, -0.2) is 0 Å². The molecule has 0 fully saturated rings. The second-order valence-corrected chi connectivity index (χ2v) is 7.25. The maximum Gasteiger partial charge on any atom is 0.398 e. The molecule has 1 heterocycles. The van der Waals surface area contributed by atoms with Crippen LogP contribution in [0.15, 0.2) is 33.7 Å². The number of rotatable bonds is 7. The summed E-state index contributed by atoms with van der Waals surface area (Å²) in [6.45, 7) is 3.64. The van der Waals surface area contributed by atoms with Gasteiger partial charge in [0.2, 0.25) is 5.91 Å². The van der Waals surface area contributed by atoms with Crippen LogP contribution in [-0.4, -0.2) is 28.7 Å². The van der Waals surface area contributed by atoms with Crippen LogP contribution >= 0.6 is 23.5 Å². The molecule has 136 valence electrons. The molecule has 0 aliphatic rings. The lowest BCUT2D eigenvalue weighted by molar-refractivity contribution is -0.113. The number of alkyl halides is 3. The van der Waals surface area contributed by atoms with Gasteiger partial charge in [-0.05, 0) is 26.0 Å². The Labute approximate surface area is 151 Å². The highest BCUT2D eigenvalue weighted by molar-refractivity contribution is 7.99. The molecule has 1 aromatic heterocycles. The zero-order valence-corrected chi connectivity index (χ0v) is 15.3. The number of hydrogen-bond donors (Lipinski definition) is 1. The van der Waals surface area contributed by atoms with E-state index in [-0.39, 0.29) is 11.7 Å². The molecule has 0 saturated carbocycles. The third-order valence-electron chi connectivity index (χ3n) is 3.21. The lowest BCUT2D eigenvalue weighted by Gasteiger charge is -2.11. The average Bonchev–Trinajstić information content (AvgIpc) is 2.85. The predicted molar refractivity (Wildman–Crippen MR) is 94.0 cm³/mol. The van der Waals surface area contributed by atoms with Crippen LogP contribution in [0.4, 0.5) is 18.9 Å². The maximum absolute atomic E-state index is 12.4. The molecule has 4 nitrogen and oxygen atoms in total. The summed E-state index contributed by atoms with van der Waals surface area (Å²) >= 11 is 2.05. The fraction of sp³-hybridized carbons (Fsp3) is 0.375. The quantitative estimate of drug-likeness (QED) is 0.687. The zero-order valence-electron chi connectivity index (χ0n) is 13.6.